The number of likely N-dealkylation sites (tertiary alicyclic amines) is 1. The van der Waals surface area contributed by atoms with E-state index in [-0.39, 0.29) is 23.3 Å². The quantitative estimate of drug-likeness (QED) is 0.311. The maximum atomic E-state index is 13.3. The fourth-order valence-electron chi connectivity index (χ4n) is 6.54. The van der Waals surface area contributed by atoms with Crippen LogP contribution >= 0.6 is 23.2 Å². The first kappa shape index (κ1) is 26.5. The van der Waals surface area contributed by atoms with Crippen molar-refractivity contribution in [3.05, 3.63) is 63.6 Å². The number of esters is 1. The van der Waals surface area contributed by atoms with Crippen LogP contribution in [0.4, 0.5) is 0 Å². The SMILES string of the molecule is CC(=O)Oc1cccc([C@@]23CCN(CC4CC4)C[C@H]2CC[C@@H](N(C)C(=O)Cc2ccc(Cl)c(Cl)c2)C3)c1. The molecule has 5 rings (SSSR count). The molecule has 0 N–H and O–H groups in total. The Kier molecular flexibility index (Phi) is 7.86. The number of hydrogen-bond donors (Lipinski definition) is 0. The standard InChI is InChI=1S/C30H36Cl2N2O3/c1-20(35)37-26-5-3-4-23(16-26)30-12-13-34(18-21-6-7-21)19-24(30)9-10-25(17-30)33(2)29(36)15-22-8-11-27(31)28(32)14-22/h3-5,8,11,14,16,21,24-25H,6-7,9-10,12-13,15,17-19H2,1-2H3/t24-,25-,30+/m1/s1. The van der Waals surface area contributed by atoms with Gasteiger partial charge in [-0.3, -0.25) is 9.59 Å². The molecule has 0 unspecified atom stereocenters. The monoisotopic (exact) mass is 542 g/mol. The van der Waals surface area contributed by atoms with Crippen LogP contribution in [0.5, 0.6) is 5.75 Å². The van der Waals surface area contributed by atoms with Crippen molar-refractivity contribution in [1.29, 1.82) is 0 Å². The maximum Gasteiger partial charge on any atom is 0.308 e. The van der Waals surface area contributed by atoms with E-state index in [0.717, 1.165) is 50.3 Å². The summed E-state index contributed by atoms with van der Waals surface area (Å²) in [6.45, 7) is 4.82. The van der Waals surface area contributed by atoms with E-state index >= 15 is 0 Å². The lowest BCUT2D eigenvalue weighted by Crippen LogP contribution is -2.56. The van der Waals surface area contributed by atoms with Gasteiger partial charge in [-0.15, -0.1) is 0 Å². The zero-order valence-electron chi connectivity index (χ0n) is 21.7. The molecular formula is C30H36Cl2N2O3. The Bertz CT molecular complexity index is 1170. The topological polar surface area (TPSA) is 49.9 Å². The largest absolute Gasteiger partial charge is 0.427 e. The van der Waals surface area contributed by atoms with E-state index in [4.69, 9.17) is 27.9 Å². The highest BCUT2D eigenvalue weighted by atomic mass is 35.5. The van der Waals surface area contributed by atoms with Gasteiger partial charge in [0.05, 0.1) is 16.5 Å². The van der Waals surface area contributed by atoms with E-state index in [2.05, 4.69) is 17.0 Å². The van der Waals surface area contributed by atoms with Gasteiger partial charge in [0.25, 0.3) is 0 Å². The Morgan fingerprint density at radius 2 is 1.89 bits per heavy atom. The molecule has 0 radical (unpaired) electrons. The maximum absolute atomic E-state index is 13.3. The Hall–Kier alpha value is -2.08. The smallest absolute Gasteiger partial charge is 0.308 e. The molecule has 37 heavy (non-hydrogen) atoms. The summed E-state index contributed by atoms with van der Waals surface area (Å²) in [5, 5.41) is 0.968. The number of halogens is 2. The van der Waals surface area contributed by atoms with Crippen molar-refractivity contribution >= 4 is 35.1 Å². The highest BCUT2D eigenvalue weighted by Gasteiger charge is 2.49. The molecule has 2 aliphatic carbocycles. The van der Waals surface area contributed by atoms with Gasteiger partial charge in [-0.25, -0.2) is 0 Å². The molecule has 2 aromatic carbocycles. The number of amides is 1. The summed E-state index contributed by atoms with van der Waals surface area (Å²) in [7, 11) is 1.94. The molecule has 3 fully saturated rings. The van der Waals surface area contributed by atoms with Gasteiger partial charge in [0.15, 0.2) is 0 Å². The van der Waals surface area contributed by atoms with Gasteiger partial charge in [0.1, 0.15) is 5.75 Å². The van der Waals surface area contributed by atoms with Crippen molar-refractivity contribution in [3.63, 3.8) is 0 Å². The number of ether oxygens (including phenoxy) is 1. The highest BCUT2D eigenvalue weighted by molar-refractivity contribution is 6.42. The van der Waals surface area contributed by atoms with Crippen LogP contribution < -0.4 is 4.74 Å². The van der Waals surface area contributed by atoms with Gasteiger partial charge < -0.3 is 14.5 Å². The molecule has 1 saturated heterocycles. The zero-order valence-corrected chi connectivity index (χ0v) is 23.2. The summed E-state index contributed by atoms with van der Waals surface area (Å²) in [5.74, 6) is 1.78. The first-order valence-electron chi connectivity index (χ1n) is 13.4. The normalized spacial score (nSPS) is 25.8. The zero-order chi connectivity index (χ0) is 26.2. The third-order valence-electron chi connectivity index (χ3n) is 8.75. The first-order valence-corrected chi connectivity index (χ1v) is 14.2. The lowest BCUT2D eigenvalue weighted by Gasteiger charge is -2.54. The van der Waals surface area contributed by atoms with E-state index in [1.807, 2.05) is 30.1 Å². The predicted molar refractivity (Wildman–Crippen MR) is 147 cm³/mol. The lowest BCUT2D eigenvalue weighted by molar-refractivity contribution is -0.133. The number of rotatable bonds is 7. The lowest BCUT2D eigenvalue weighted by atomic mass is 9.57. The van der Waals surface area contributed by atoms with Gasteiger partial charge in [-0.05, 0) is 92.3 Å². The summed E-state index contributed by atoms with van der Waals surface area (Å²) in [6, 6.07) is 13.7. The first-order chi connectivity index (χ1) is 17.7. The minimum absolute atomic E-state index is 0.0444. The average molecular weight is 544 g/mol. The molecule has 3 aliphatic rings. The van der Waals surface area contributed by atoms with Gasteiger partial charge in [-0.1, -0.05) is 41.4 Å². The molecule has 1 heterocycles. The number of nitrogens with zero attached hydrogens (tertiary/aromatic N) is 2. The Morgan fingerprint density at radius 1 is 1.08 bits per heavy atom. The summed E-state index contributed by atoms with van der Waals surface area (Å²) in [4.78, 5) is 29.6. The Balaban J connectivity index is 1.37. The van der Waals surface area contributed by atoms with Crippen LogP contribution in [0.2, 0.25) is 10.0 Å². The Labute approximate surface area is 230 Å². The van der Waals surface area contributed by atoms with Crippen molar-refractivity contribution in [2.75, 3.05) is 26.7 Å². The number of piperidine rings is 1. The van der Waals surface area contributed by atoms with Crippen LogP contribution in [-0.4, -0.2) is 54.4 Å². The average Bonchev–Trinajstić information content (AvgIpc) is 3.69. The molecular weight excluding hydrogens is 507 g/mol. The predicted octanol–water partition coefficient (Wildman–Crippen LogP) is 6.14. The summed E-state index contributed by atoms with van der Waals surface area (Å²) in [6.07, 6.45) is 7.08. The summed E-state index contributed by atoms with van der Waals surface area (Å²) >= 11 is 12.2. The van der Waals surface area contributed by atoms with Crippen LogP contribution in [-0.2, 0) is 21.4 Å². The number of benzene rings is 2. The van der Waals surface area contributed by atoms with E-state index in [0.29, 0.717) is 28.1 Å². The van der Waals surface area contributed by atoms with Crippen molar-refractivity contribution < 1.29 is 14.3 Å². The fourth-order valence-corrected chi connectivity index (χ4v) is 6.86. The third kappa shape index (κ3) is 6.00. The van der Waals surface area contributed by atoms with Crippen LogP contribution in [0, 0.1) is 11.8 Å². The second-order valence-electron chi connectivity index (χ2n) is 11.3. The second-order valence-corrected chi connectivity index (χ2v) is 12.1. The van der Waals surface area contributed by atoms with Gasteiger partial charge in [0.2, 0.25) is 5.91 Å². The molecule has 0 bridgehead atoms. The third-order valence-corrected chi connectivity index (χ3v) is 9.49. The molecule has 1 amide bonds. The van der Waals surface area contributed by atoms with E-state index in [9.17, 15) is 9.59 Å². The van der Waals surface area contributed by atoms with E-state index in [1.165, 1.54) is 31.9 Å². The number of carbonyl (C=O) groups excluding carboxylic acids is 2. The van der Waals surface area contributed by atoms with Crippen molar-refractivity contribution in [2.45, 2.75) is 63.3 Å². The summed E-state index contributed by atoms with van der Waals surface area (Å²) in [5.41, 5.74) is 2.06. The van der Waals surface area contributed by atoms with Crippen LogP contribution in [0.3, 0.4) is 0 Å². The van der Waals surface area contributed by atoms with Gasteiger partial charge in [0, 0.05) is 38.5 Å². The van der Waals surface area contributed by atoms with E-state index in [1.54, 1.807) is 12.1 Å². The van der Waals surface area contributed by atoms with Crippen molar-refractivity contribution in [1.82, 2.24) is 9.80 Å². The molecule has 2 saturated carbocycles. The molecule has 2 aromatic rings. The van der Waals surface area contributed by atoms with Crippen molar-refractivity contribution in [2.24, 2.45) is 11.8 Å². The number of fused-ring (bicyclic) bond motifs is 1. The van der Waals surface area contributed by atoms with Gasteiger partial charge >= 0.3 is 5.97 Å². The van der Waals surface area contributed by atoms with Crippen LogP contribution in [0.1, 0.15) is 56.6 Å². The minimum Gasteiger partial charge on any atom is -0.427 e. The molecule has 5 nitrogen and oxygen atoms in total. The van der Waals surface area contributed by atoms with Gasteiger partial charge in [-0.2, -0.15) is 0 Å². The van der Waals surface area contributed by atoms with Crippen LogP contribution in [0.15, 0.2) is 42.5 Å². The molecule has 0 aromatic heterocycles. The molecule has 1 aliphatic heterocycles. The number of hydrogen-bond acceptors (Lipinski definition) is 4. The van der Waals surface area contributed by atoms with E-state index < -0.39 is 0 Å². The molecule has 3 atom stereocenters. The highest BCUT2D eigenvalue weighted by Crippen LogP contribution is 2.51. The second kappa shape index (κ2) is 11.0. The Morgan fingerprint density at radius 3 is 2.62 bits per heavy atom. The minimum atomic E-state index is -0.306. The fraction of sp³-hybridized carbons (Fsp3) is 0.533. The molecule has 7 heteroatoms. The number of carbonyl (C=O) groups is 2. The van der Waals surface area contributed by atoms with Crippen LogP contribution in [0.25, 0.3) is 0 Å². The molecule has 0 spiro atoms. The molecule has 198 valence electrons. The number of likely N-dealkylation sites (N-methyl/N-ethyl adjacent to an activating group) is 1. The summed E-state index contributed by atoms with van der Waals surface area (Å²) < 4.78 is 5.47. The van der Waals surface area contributed by atoms with Crippen molar-refractivity contribution in [3.8, 4) is 5.75 Å².